The van der Waals surface area contributed by atoms with Crippen molar-refractivity contribution in [2.24, 2.45) is 0 Å². The van der Waals surface area contributed by atoms with Crippen molar-refractivity contribution in [2.45, 2.75) is 56.5 Å². The minimum absolute atomic E-state index is 0.0751. The Morgan fingerprint density at radius 1 is 1.38 bits per heavy atom. The average molecular weight is 595 g/mol. The molecule has 0 bridgehead atoms. The molecule has 0 amide bonds. The summed E-state index contributed by atoms with van der Waals surface area (Å²) in [4.78, 5) is 25.2. The third-order valence-corrected chi connectivity index (χ3v) is 10.9. The summed E-state index contributed by atoms with van der Waals surface area (Å²) in [6.45, 7) is -0.748. The zero-order chi connectivity index (χ0) is 28.7. The molecule has 0 spiro atoms. The first-order valence-corrected chi connectivity index (χ1v) is 15.8. The van der Waals surface area contributed by atoms with E-state index in [4.69, 9.17) is 24.5 Å². The molecule has 16 heteroatoms. The number of rotatable bonds is 8. The number of aliphatic hydroxyl groups excluding tert-OH is 1. The molecule has 1 unspecified atom stereocenters. The zero-order valence-corrected chi connectivity index (χ0v) is 23.7. The Bertz CT molecular complexity index is 1430. The molecule has 216 valence electrons. The van der Waals surface area contributed by atoms with E-state index in [2.05, 4.69) is 20.0 Å². The van der Waals surface area contributed by atoms with Crippen molar-refractivity contribution in [3.8, 4) is 5.88 Å². The Hall–Kier alpha value is -2.78. The molecule has 2 aliphatic rings. The van der Waals surface area contributed by atoms with Gasteiger partial charge in [-0.15, -0.1) is 0 Å². The van der Waals surface area contributed by atoms with Crippen molar-refractivity contribution in [1.29, 1.82) is 0 Å². The molecule has 2 fully saturated rings. The van der Waals surface area contributed by atoms with Crippen LogP contribution in [0.4, 0.5) is 5.95 Å². The maximum absolute atomic E-state index is 13.5. The van der Waals surface area contributed by atoms with Crippen molar-refractivity contribution in [3.05, 3.63) is 42.2 Å². The number of esters is 1. The van der Waals surface area contributed by atoms with Gasteiger partial charge in [-0.2, -0.15) is 9.97 Å². The monoisotopic (exact) mass is 594 g/mol. The van der Waals surface area contributed by atoms with Crippen LogP contribution in [0, 0.1) is 0 Å². The van der Waals surface area contributed by atoms with Crippen LogP contribution in [0.25, 0.3) is 11.2 Å². The molecular weight excluding hydrogens is 563 g/mol. The zero-order valence-electron chi connectivity index (χ0n) is 22.0. The Kier molecular flexibility index (Phi) is 8.08. The number of methoxy groups -OCH3 is 1. The lowest BCUT2D eigenvalue weighted by Crippen LogP contribution is -2.44. The molecule has 7 atom stereocenters. The molecule has 1 aromatic carbocycles. The van der Waals surface area contributed by atoms with E-state index in [1.165, 1.54) is 24.9 Å². The third kappa shape index (κ3) is 5.55. The van der Waals surface area contributed by atoms with Crippen LogP contribution in [0.5, 0.6) is 5.88 Å². The van der Waals surface area contributed by atoms with Crippen LogP contribution in [-0.4, -0.2) is 79.0 Å². The van der Waals surface area contributed by atoms with Gasteiger partial charge in [-0.05, 0) is 25.8 Å². The van der Waals surface area contributed by atoms with Gasteiger partial charge in [0, 0.05) is 5.75 Å². The number of nitrogens with two attached hydrogens (primary N) is 1. The Morgan fingerprint density at radius 2 is 2.12 bits per heavy atom. The number of imidazole rings is 1. The summed E-state index contributed by atoms with van der Waals surface area (Å²) in [5.41, 5.74) is 5.34. The SMILES string of the molecule is COc1nc(N)nc2c1ncn2[C@@H]1O[C@H](COP2(=O)N[C@@H](C(=O)O[C@H](C)c3ccccc3)CCS2)[C@@H](O)[C@@]1(C)O. The molecule has 5 rings (SSSR count). The number of carbonyl (C=O) groups excluding carboxylic acids is 1. The van der Waals surface area contributed by atoms with Crippen LogP contribution in [0.3, 0.4) is 0 Å². The first-order valence-electron chi connectivity index (χ1n) is 12.5. The molecule has 3 aromatic rings. The van der Waals surface area contributed by atoms with Gasteiger partial charge in [0.05, 0.1) is 20.0 Å². The second kappa shape index (κ2) is 11.2. The van der Waals surface area contributed by atoms with Gasteiger partial charge in [-0.25, -0.2) is 10.1 Å². The second-order valence-corrected chi connectivity index (χ2v) is 14.1. The Labute approximate surface area is 233 Å². The van der Waals surface area contributed by atoms with E-state index < -0.39 is 48.9 Å². The fourth-order valence-corrected chi connectivity index (χ4v) is 8.46. The number of ether oxygens (including phenoxy) is 3. The summed E-state index contributed by atoms with van der Waals surface area (Å²) in [6, 6.07) is 8.46. The van der Waals surface area contributed by atoms with E-state index in [0.29, 0.717) is 12.2 Å². The maximum atomic E-state index is 13.5. The fourth-order valence-electron chi connectivity index (χ4n) is 4.65. The van der Waals surface area contributed by atoms with Gasteiger partial charge >= 0.3 is 12.7 Å². The number of anilines is 1. The normalized spacial score (nSPS) is 31.2. The number of hydrogen-bond acceptors (Lipinski definition) is 13. The lowest BCUT2D eigenvalue weighted by atomic mass is 9.96. The molecular formula is C24H31N6O8PS. The number of benzene rings is 1. The van der Waals surface area contributed by atoms with Crippen molar-refractivity contribution in [2.75, 3.05) is 25.2 Å². The molecule has 0 saturated carbocycles. The highest BCUT2D eigenvalue weighted by Gasteiger charge is 2.54. The van der Waals surface area contributed by atoms with Crippen molar-refractivity contribution >= 4 is 41.2 Å². The minimum Gasteiger partial charge on any atom is -0.479 e. The molecule has 5 N–H and O–H groups in total. The summed E-state index contributed by atoms with van der Waals surface area (Å²) in [6.07, 6.45) is -2.35. The quantitative estimate of drug-likeness (QED) is 0.218. The number of fused-ring (bicyclic) bond motifs is 1. The van der Waals surface area contributed by atoms with Crippen LogP contribution >= 0.6 is 18.1 Å². The van der Waals surface area contributed by atoms with Gasteiger partial charge in [0.1, 0.15) is 30.0 Å². The molecule has 14 nitrogen and oxygen atoms in total. The number of carbonyl (C=O) groups is 1. The van der Waals surface area contributed by atoms with E-state index in [1.54, 1.807) is 6.92 Å². The second-order valence-electron chi connectivity index (χ2n) is 9.70. The highest BCUT2D eigenvalue weighted by atomic mass is 32.7. The maximum Gasteiger partial charge on any atom is 0.327 e. The van der Waals surface area contributed by atoms with E-state index in [1.807, 2.05) is 30.3 Å². The van der Waals surface area contributed by atoms with Gasteiger partial charge in [0.15, 0.2) is 17.4 Å². The number of aromatic nitrogens is 4. The summed E-state index contributed by atoms with van der Waals surface area (Å²) < 4.78 is 37.4. The van der Waals surface area contributed by atoms with E-state index in [-0.39, 0.29) is 29.6 Å². The van der Waals surface area contributed by atoms with Gasteiger partial charge < -0.3 is 34.7 Å². The van der Waals surface area contributed by atoms with Gasteiger partial charge in [0.25, 0.3) is 0 Å². The molecule has 4 heterocycles. The van der Waals surface area contributed by atoms with E-state index >= 15 is 0 Å². The van der Waals surface area contributed by atoms with Crippen LogP contribution < -0.4 is 15.6 Å². The molecule has 2 aliphatic heterocycles. The number of aliphatic hydroxyl groups is 2. The summed E-state index contributed by atoms with van der Waals surface area (Å²) in [5.74, 6) is -0.0791. The van der Waals surface area contributed by atoms with Gasteiger partial charge in [-0.3, -0.25) is 13.9 Å². The summed E-state index contributed by atoms with van der Waals surface area (Å²) in [7, 11) is 1.41. The van der Waals surface area contributed by atoms with Crippen LogP contribution in [0.2, 0.25) is 0 Å². The van der Waals surface area contributed by atoms with E-state index in [9.17, 15) is 19.6 Å². The lowest BCUT2D eigenvalue weighted by Gasteiger charge is -2.30. The standard InChI is InChI=1S/C24H31N6O8PS/c1-13(14-7-5-4-6-8-14)37-21(32)15-9-10-40-39(34,29-15)36-11-16-18(31)24(2,33)22(38-16)30-12-26-17-19(30)27-23(25)28-20(17)35-3/h4-8,12-13,15-16,18,22,31,33H,9-11H2,1-3H3,(H,29,34)(H2,25,27,28)/t13-,15-,16-,18-,22-,24-,39?/m1/s1. The van der Waals surface area contributed by atoms with Crippen LogP contribution in [0.15, 0.2) is 36.7 Å². The first-order chi connectivity index (χ1) is 19.0. The van der Waals surface area contributed by atoms with Gasteiger partial charge in [-0.1, -0.05) is 41.7 Å². The summed E-state index contributed by atoms with van der Waals surface area (Å²) in [5, 5.41) is 24.9. The Morgan fingerprint density at radius 3 is 2.85 bits per heavy atom. The van der Waals surface area contributed by atoms with Crippen LogP contribution in [-0.2, 0) is 23.4 Å². The van der Waals surface area contributed by atoms with Crippen molar-refractivity contribution < 1.29 is 38.3 Å². The largest absolute Gasteiger partial charge is 0.479 e. The molecule has 0 aliphatic carbocycles. The number of hydrogen-bond donors (Lipinski definition) is 4. The highest BCUT2D eigenvalue weighted by Crippen LogP contribution is 2.59. The third-order valence-electron chi connectivity index (χ3n) is 6.84. The van der Waals surface area contributed by atoms with Crippen molar-refractivity contribution in [1.82, 2.24) is 24.6 Å². The average Bonchev–Trinajstić information content (AvgIpc) is 3.45. The number of nitrogens with zero attached hydrogens (tertiary/aromatic N) is 4. The predicted molar refractivity (Wildman–Crippen MR) is 145 cm³/mol. The number of nitrogen functional groups attached to an aromatic ring is 1. The van der Waals surface area contributed by atoms with E-state index in [0.717, 1.165) is 16.9 Å². The van der Waals surface area contributed by atoms with Crippen molar-refractivity contribution in [3.63, 3.8) is 0 Å². The molecule has 0 radical (unpaired) electrons. The number of nitrogens with one attached hydrogen (secondary N) is 1. The topological polar surface area (TPSA) is 193 Å². The highest BCUT2D eigenvalue weighted by molar-refractivity contribution is 8.56. The fraction of sp³-hybridized carbons (Fsp3) is 0.500. The molecule has 40 heavy (non-hydrogen) atoms. The summed E-state index contributed by atoms with van der Waals surface area (Å²) >= 11 is 1.05. The first kappa shape index (κ1) is 28.7. The molecule has 2 saturated heterocycles. The van der Waals surface area contributed by atoms with Crippen LogP contribution in [0.1, 0.15) is 38.2 Å². The molecule has 2 aromatic heterocycles. The smallest absolute Gasteiger partial charge is 0.327 e. The Balaban J connectivity index is 1.25. The lowest BCUT2D eigenvalue weighted by molar-refractivity contribution is -0.150. The minimum atomic E-state index is -3.58. The predicted octanol–water partition coefficient (Wildman–Crippen LogP) is 1.95. The van der Waals surface area contributed by atoms with Gasteiger partial charge in [0.2, 0.25) is 11.8 Å².